The minimum atomic E-state index is -0.268. The van der Waals surface area contributed by atoms with E-state index in [0.29, 0.717) is 17.4 Å². The van der Waals surface area contributed by atoms with Gasteiger partial charge in [-0.25, -0.2) is 0 Å². The van der Waals surface area contributed by atoms with Crippen LogP contribution in [0.1, 0.15) is 26.3 Å². The number of carbonyl (C=O) groups excluding carboxylic acids is 1. The smallest absolute Gasteiger partial charge is 0.311 e. The molecule has 0 aromatic heterocycles. The van der Waals surface area contributed by atoms with Gasteiger partial charge < -0.3 is 9.47 Å². The molecule has 0 heterocycles. The van der Waals surface area contributed by atoms with Gasteiger partial charge in [0.05, 0.1) is 11.4 Å². The Kier molecular flexibility index (Phi) is 7.99. The summed E-state index contributed by atoms with van der Waals surface area (Å²) >= 11 is 6.13. The Morgan fingerprint density at radius 1 is 1.41 bits per heavy atom. The Morgan fingerprint density at radius 2 is 2.09 bits per heavy atom. The second kappa shape index (κ2) is 9.49. The molecule has 0 N–H and O–H groups in total. The number of ether oxygens (including phenoxy) is 2. The third-order valence-electron chi connectivity index (χ3n) is 3.33. The van der Waals surface area contributed by atoms with Crippen LogP contribution in [0.15, 0.2) is 30.9 Å². The van der Waals surface area contributed by atoms with Crippen LogP contribution in [0.4, 0.5) is 0 Å². The Bertz CT molecular complexity index is 501. The molecule has 4 nitrogen and oxygen atoms in total. The van der Waals surface area contributed by atoms with Crippen LogP contribution in [0, 0.1) is 0 Å². The molecule has 0 fully saturated rings. The second-order valence-electron chi connectivity index (χ2n) is 4.85. The van der Waals surface area contributed by atoms with Gasteiger partial charge in [-0.15, -0.1) is 0 Å². The standard InChI is InChI=1S/C17H24ClNO3/c1-5-10-21-16-9-8-14(11-15(16)18)12-17(20)22-13(4)19(6-2)7-3/h5,8-9,11,13H,1,6-7,10,12H2,2-4H3. The van der Waals surface area contributed by atoms with E-state index in [1.54, 1.807) is 18.2 Å². The zero-order valence-electron chi connectivity index (χ0n) is 13.5. The average Bonchev–Trinajstić information content (AvgIpc) is 2.47. The van der Waals surface area contributed by atoms with E-state index in [1.807, 2.05) is 26.8 Å². The van der Waals surface area contributed by atoms with E-state index in [4.69, 9.17) is 21.1 Å². The summed E-state index contributed by atoms with van der Waals surface area (Å²) in [4.78, 5) is 14.1. The summed E-state index contributed by atoms with van der Waals surface area (Å²) in [6.45, 7) is 11.6. The number of benzene rings is 1. The Morgan fingerprint density at radius 3 is 2.64 bits per heavy atom. The van der Waals surface area contributed by atoms with Crippen molar-refractivity contribution in [2.75, 3.05) is 19.7 Å². The molecule has 0 saturated heterocycles. The highest BCUT2D eigenvalue weighted by molar-refractivity contribution is 6.32. The fourth-order valence-corrected chi connectivity index (χ4v) is 2.39. The number of halogens is 1. The van der Waals surface area contributed by atoms with Gasteiger partial charge in [0.2, 0.25) is 0 Å². The SMILES string of the molecule is C=CCOc1ccc(CC(=O)OC(C)N(CC)CC)cc1Cl. The Balaban J connectivity index is 2.61. The van der Waals surface area contributed by atoms with Gasteiger partial charge in [0.25, 0.3) is 0 Å². The largest absolute Gasteiger partial charge is 0.488 e. The minimum Gasteiger partial charge on any atom is -0.488 e. The molecule has 0 aliphatic rings. The highest BCUT2D eigenvalue weighted by atomic mass is 35.5. The molecule has 22 heavy (non-hydrogen) atoms. The van der Waals surface area contributed by atoms with Crippen molar-refractivity contribution < 1.29 is 14.3 Å². The van der Waals surface area contributed by atoms with E-state index in [1.165, 1.54) is 0 Å². The Hall–Kier alpha value is -1.52. The molecule has 5 heteroatoms. The lowest BCUT2D eigenvalue weighted by Gasteiger charge is -2.25. The molecular weight excluding hydrogens is 302 g/mol. The van der Waals surface area contributed by atoms with Gasteiger partial charge in [-0.1, -0.05) is 44.2 Å². The second-order valence-corrected chi connectivity index (χ2v) is 5.26. The first-order valence-corrected chi connectivity index (χ1v) is 7.85. The van der Waals surface area contributed by atoms with Crippen LogP contribution >= 0.6 is 11.6 Å². The fourth-order valence-electron chi connectivity index (χ4n) is 2.13. The third kappa shape index (κ3) is 5.70. The maximum absolute atomic E-state index is 12.0. The van der Waals surface area contributed by atoms with Gasteiger partial charge in [-0.3, -0.25) is 9.69 Å². The van der Waals surface area contributed by atoms with E-state index in [9.17, 15) is 4.79 Å². The van der Waals surface area contributed by atoms with E-state index in [-0.39, 0.29) is 18.6 Å². The zero-order valence-corrected chi connectivity index (χ0v) is 14.2. The van der Waals surface area contributed by atoms with Crippen LogP contribution in [0.25, 0.3) is 0 Å². The predicted molar refractivity (Wildman–Crippen MR) is 89.3 cm³/mol. The molecule has 0 amide bonds. The molecule has 0 aliphatic heterocycles. The highest BCUT2D eigenvalue weighted by Gasteiger charge is 2.15. The summed E-state index contributed by atoms with van der Waals surface area (Å²) in [5, 5.41) is 0.476. The van der Waals surface area contributed by atoms with Crippen LogP contribution in [0.2, 0.25) is 5.02 Å². The van der Waals surface area contributed by atoms with Gasteiger partial charge in [0.15, 0.2) is 6.23 Å². The van der Waals surface area contributed by atoms with Crippen LogP contribution in [-0.4, -0.2) is 36.8 Å². The van der Waals surface area contributed by atoms with Crippen molar-refractivity contribution >= 4 is 17.6 Å². The molecule has 0 bridgehead atoms. The van der Waals surface area contributed by atoms with E-state index in [2.05, 4.69) is 11.5 Å². The lowest BCUT2D eigenvalue weighted by atomic mass is 10.1. The van der Waals surface area contributed by atoms with Crippen molar-refractivity contribution in [1.29, 1.82) is 0 Å². The third-order valence-corrected chi connectivity index (χ3v) is 3.63. The molecule has 1 atom stereocenters. The molecule has 1 unspecified atom stereocenters. The van der Waals surface area contributed by atoms with Crippen molar-refractivity contribution in [1.82, 2.24) is 4.90 Å². The quantitative estimate of drug-likeness (QED) is 0.394. The zero-order chi connectivity index (χ0) is 16.5. The lowest BCUT2D eigenvalue weighted by molar-refractivity contribution is -0.156. The first-order chi connectivity index (χ1) is 10.5. The molecule has 0 aliphatic carbocycles. The maximum atomic E-state index is 12.0. The molecule has 122 valence electrons. The van der Waals surface area contributed by atoms with Crippen LogP contribution in [0.3, 0.4) is 0 Å². The van der Waals surface area contributed by atoms with E-state index >= 15 is 0 Å². The molecular formula is C17H24ClNO3. The summed E-state index contributed by atoms with van der Waals surface area (Å²) in [6.07, 6.45) is 1.61. The molecule has 1 aromatic carbocycles. The molecule has 1 aromatic rings. The number of rotatable bonds is 9. The Labute approximate surface area is 137 Å². The van der Waals surface area contributed by atoms with Crippen LogP contribution < -0.4 is 4.74 Å². The number of esters is 1. The van der Waals surface area contributed by atoms with Gasteiger partial charge >= 0.3 is 5.97 Å². The predicted octanol–water partition coefficient (Wildman–Crippen LogP) is 3.68. The summed E-state index contributed by atoms with van der Waals surface area (Å²) in [6, 6.07) is 5.29. The normalized spacial score (nSPS) is 12.0. The highest BCUT2D eigenvalue weighted by Crippen LogP contribution is 2.25. The maximum Gasteiger partial charge on any atom is 0.311 e. The summed E-state index contributed by atoms with van der Waals surface area (Å²) < 4.78 is 10.8. The number of hydrogen-bond donors (Lipinski definition) is 0. The molecule has 1 rings (SSSR count). The molecule has 0 radical (unpaired) electrons. The van der Waals surface area contributed by atoms with Gasteiger partial charge in [-0.2, -0.15) is 0 Å². The van der Waals surface area contributed by atoms with E-state index < -0.39 is 0 Å². The van der Waals surface area contributed by atoms with Gasteiger partial charge in [0, 0.05) is 0 Å². The number of hydrogen-bond acceptors (Lipinski definition) is 4. The summed E-state index contributed by atoms with van der Waals surface area (Å²) in [7, 11) is 0. The van der Waals surface area contributed by atoms with Crippen molar-refractivity contribution in [2.24, 2.45) is 0 Å². The molecule has 0 saturated carbocycles. The van der Waals surface area contributed by atoms with Gasteiger partial charge in [-0.05, 0) is 37.7 Å². The first kappa shape index (κ1) is 18.5. The number of carbonyl (C=O) groups is 1. The topological polar surface area (TPSA) is 38.8 Å². The van der Waals surface area contributed by atoms with Crippen molar-refractivity contribution in [3.8, 4) is 5.75 Å². The van der Waals surface area contributed by atoms with Crippen molar-refractivity contribution in [3.63, 3.8) is 0 Å². The monoisotopic (exact) mass is 325 g/mol. The summed E-state index contributed by atoms with van der Waals surface area (Å²) in [5.74, 6) is 0.311. The molecule has 0 spiro atoms. The lowest BCUT2D eigenvalue weighted by Crippen LogP contribution is -2.36. The van der Waals surface area contributed by atoms with Crippen molar-refractivity contribution in [3.05, 3.63) is 41.4 Å². The average molecular weight is 326 g/mol. The van der Waals surface area contributed by atoms with E-state index in [0.717, 1.165) is 18.7 Å². The van der Waals surface area contributed by atoms with Crippen LogP contribution in [0.5, 0.6) is 5.75 Å². The van der Waals surface area contributed by atoms with Crippen molar-refractivity contribution in [2.45, 2.75) is 33.4 Å². The fraction of sp³-hybridized carbons (Fsp3) is 0.471. The summed E-state index contributed by atoms with van der Waals surface area (Å²) in [5.41, 5.74) is 0.799. The minimum absolute atomic E-state index is 0.188. The van der Waals surface area contributed by atoms with Crippen LogP contribution in [-0.2, 0) is 16.0 Å². The van der Waals surface area contributed by atoms with Gasteiger partial charge in [0.1, 0.15) is 12.4 Å². The number of nitrogens with zero attached hydrogens (tertiary/aromatic N) is 1. The first-order valence-electron chi connectivity index (χ1n) is 7.47.